The van der Waals surface area contributed by atoms with Crippen molar-refractivity contribution in [1.29, 1.82) is 0 Å². The fourth-order valence-electron chi connectivity index (χ4n) is 2.12. The van der Waals surface area contributed by atoms with Crippen molar-refractivity contribution >= 4 is 22.5 Å². The van der Waals surface area contributed by atoms with Crippen LogP contribution in [0.1, 0.15) is 11.3 Å². The van der Waals surface area contributed by atoms with Crippen molar-refractivity contribution in [3.63, 3.8) is 0 Å². The average Bonchev–Trinajstić information content (AvgIpc) is 2.31. The topological polar surface area (TPSA) is 42.1 Å². The molecule has 0 atom stereocenters. The molecule has 1 aromatic carbocycles. The zero-order chi connectivity index (χ0) is 12.0. The quantitative estimate of drug-likeness (QED) is 0.783. The van der Waals surface area contributed by atoms with Gasteiger partial charge >= 0.3 is 0 Å². The summed E-state index contributed by atoms with van der Waals surface area (Å²) in [5.74, 6) is -0.501. The molecule has 0 unspecified atom stereocenters. The molecule has 0 bridgehead atoms. The van der Waals surface area contributed by atoms with E-state index in [9.17, 15) is 9.18 Å². The summed E-state index contributed by atoms with van der Waals surface area (Å²) in [6.45, 7) is 0.818. The summed E-state index contributed by atoms with van der Waals surface area (Å²) in [6, 6.07) is 2.68. The lowest BCUT2D eigenvalue weighted by Gasteiger charge is -2.16. The second-order valence-corrected chi connectivity index (χ2v) is 4.46. The third-order valence-corrected chi connectivity index (χ3v) is 3.17. The summed E-state index contributed by atoms with van der Waals surface area (Å²) < 4.78 is 19.0. The number of fused-ring (bicyclic) bond motifs is 2. The van der Waals surface area contributed by atoms with Crippen LogP contribution >= 0.6 is 11.6 Å². The molecule has 17 heavy (non-hydrogen) atoms. The Kier molecular flexibility index (Phi) is 2.42. The molecule has 2 heterocycles. The number of nitrogens with one attached hydrogen (secondary N) is 1. The third kappa shape index (κ3) is 1.64. The van der Waals surface area contributed by atoms with Gasteiger partial charge < -0.3 is 9.72 Å². The fraction of sp³-hybridized carbons (Fsp3) is 0.250. The number of aromatic amines is 1. The van der Waals surface area contributed by atoms with Crippen molar-refractivity contribution in [2.24, 2.45) is 0 Å². The third-order valence-electron chi connectivity index (χ3n) is 2.96. The number of H-pyrrole nitrogens is 1. The Bertz CT molecular complexity index is 666. The Hall–Kier alpha value is -1.39. The number of hydrogen-bond acceptors (Lipinski definition) is 2. The Labute approximate surface area is 101 Å². The number of benzene rings is 1. The summed E-state index contributed by atoms with van der Waals surface area (Å²) in [5.41, 5.74) is 1.36. The molecule has 0 fully saturated rings. The highest BCUT2D eigenvalue weighted by molar-refractivity contribution is 6.31. The van der Waals surface area contributed by atoms with Gasteiger partial charge in [0.1, 0.15) is 5.82 Å². The van der Waals surface area contributed by atoms with Gasteiger partial charge in [-0.05, 0) is 12.1 Å². The molecule has 0 radical (unpaired) electrons. The fourth-order valence-corrected chi connectivity index (χ4v) is 2.33. The lowest BCUT2D eigenvalue weighted by molar-refractivity contribution is 0.108. The number of ether oxygens (including phenoxy) is 1. The van der Waals surface area contributed by atoms with Crippen LogP contribution in [0.3, 0.4) is 0 Å². The smallest absolute Gasteiger partial charge is 0.195 e. The van der Waals surface area contributed by atoms with Gasteiger partial charge in [-0.25, -0.2) is 4.39 Å². The first-order chi connectivity index (χ1) is 8.16. The molecule has 1 aromatic heterocycles. The molecule has 1 N–H and O–H groups in total. The van der Waals surface area contributed by atoms with Crippen molar-refractivity contribution in [1.82, 2.24) is 4.98 Å². The van der Waals surface area contributed by atoms with Crippen LogP contribution in [0.4, 0.5) is 4.39 Å². The molecule has 1 aliphatic heterocycles. The molecule has 3 nitrogen and oxygen atoms in total. The maximum Gasteiger partial charge on any atom is 0.195 e. The van der Waals surface area contributed by atoms with E-state index in [1.807, 2.05) is 0 Å². The van der Waals surface area contributed by atoms with Crippen molar-refractivity contribution in [2.45, 2.75) is 13.0 Å². The van der Waals surface area contributed by atoms with E-state index in [1.54, 1.807) is 0 Å². The first kappa shape index (κ1) is 10.7. The van der Waals surface area contributed by atoms with Gasteiger partial charge in [0.15, 0.2) is 5.43 Å². The molecular formula is C12H9ClFNO2. The molecule has 1 aliphatic rings. The summed E-state index contributed by atoms with van der Waals surface area (Å²) >= 11 is 5.76. The van der Waals surface area contributed by atoms with Crippen molar-refractivity contribution < 1.29 is 9.13 Å². The van der Waals surface area contributed by atoms with Gasteiger partial charge in [-0.2, -0.15) is 0 Å². The van der Waals surface area contributed by atoms with E-state index in [2.05, 4.69) is 4.98 Å². The first-order valence-electron chi connectivity index (χ1n) is 5.27. The lowest BCUT2D eigenvalue weighted by atomic mass is 10.1. The highest BCUT2D eigenvalue weighted by Gasteiger charge is 2.17. The van der Waals surface area contributed by atoms with Gasteiger partial charge in [0, 0.05) is 22.7 Å². The van der Waals surface area contributed by atoms with Gasteiger partial charge in [-0.1, -0.05) is 11.6 Å². The maximum atomic E-state index is 13.7. The van der Waals surface area contributed by atoms with Gasteiger partial charge in [0.25, 0.3) is 0 Å². The van der Waals surface area contributed by atoms with Gasteiger partial charge in [-0.3, -0.25) is 4.79 Å². The van der Waals surface area contributed by atoms with E-state index in [1.165, 1.54) is 12.1 Å². The number of aromatic nitrogens is 1. The maximum absolute atomic E-state index is 13.7. The minimum absolute atomic E-state index is 0.199. The van der Waals surface area contributed by atoms with E-state index in [4.69, 9.17) is 16.3 Å². The average molecular weight is 254 g/mol. The van der Waals surface area contributed by atoms with E-state index in [0.717, 1.165) is 5.69 Å². The summed E-state index contributed by atoms with van der Waals surface area (Å²) in [5, 5.41) is 0.497. The highest BCUT2D eigenvalue weighted by Crippen LogP contribution is 2.22. The van der Waals surface area contributed by atoms with E-state index in [0.29, 0.717) is 18.6 Å². The molecule has 0 amide bonds. The van der Waals surface area contributed by atoms with Gasteiger partial charge in [-0.15, -0.1) is 0 Å². The molecule has 88 valence electrons. The zero-order valence-corrected chi connectivity index (χ0v) is 9.60. The SMILES string of the molecule is O=c1c2c([nH]c3c(F)cc(Cl)cc13)CCOC2. The van der Waals surface area contributed by atoms with Gasteiger partial charge in [0.05, 0.1) is 24.1 Å². The Morgan fingerprint density at radius 1 is 1.41 bits per heavy atom. The largest absolute Gasteiger partial charge is 0.376 e. The lowest BCUT2D eigenvalue weighted by Crippen LogP contribution is -2.22. The number of halogens is 2. The molecule has 0 aliphatic carbocycles. The minimum Gasteiger partial charge on any atom is -0.376 e. The van der Waals surface area contributed by atoms with Crippen molar-refractivity contribution in [3.8, 4) is 0 Å². The normalized spacial score (nSPS) is 14.9. The van der Waals surface area contributed by atoms with Crippen LogP contribution < -0.4 is 5.43 Å². The van der Waals surface area contributed by atoms with Crippen LogP contribution in [0.25, 0.3) is 10.9 Å². The Morgan fingerprint density at radius 2 is 2.24 bits per heavy atom. The number of pyridine rings is 1. The summed E-state index contributed by atoms with van der Waals surface area (Å²) in [4.78, 5) is 15.1. The molecule has 0 saturated heterocycles. The van der Waals surface area contributed by atoms with Crippen molar-refractivity contribution in [3.05, 3.63) is 44.5 Å². The first-order valence-corrected chi connectivity index (χ1v) is 5.65. The standard InChI is InChI=1S/C12H9ClFNO2/c13-6-3-7-11(9(14)4-6)15-10-1-2-17-5-8(10)12(7)16/h3-4H,1-2,5H2,(H,15,16). The predicted octanol–water partition coefficient (Wildman–Crippen LogP) is 2.39. The van der Waals surface area contributed by atoms with Crippen LogP contribution in [-0.2, 0) is 17.8 Å². The monoisotopic (exact) mass is 253 g/mol. The van der Waals surface area contributed by atoms with E-state index < -0.39 is 5.82 Å². The Morgan fingerprint density at radius 3 is 3.06 bits per heavy atom. The van der Waals surface area contributed by atoms with Crippen LogP contribution in [0.15, 0.2) is 16.9 Å². The molecular weight excluding hydrogens is 245 g/mol. The Balaban J connectivity index is 2.44. The second-order valence-electron chi connectivity index (χ2n) is 4.02. The number of hydrogen-bond donors (Lipinski definition) is 1. The van der Waals surface area contributed by atoms with E-state index in [-0.39, 0.29) is 28.0 Å². The number of rotatable bonds is 0. The molecule has 0 saturated carbocycles. The summed E-state index contributed by atoms with van der Waals surface area (Å²) in [7, 11) is 0. The molecule has 0 spiro atoms. The summed E-state index contributed by atoms with van der Waals surface area (Å²) in [6.07, 6.45) is 0.600. The van der Waals surface area contributed by atoms with Crippen LogP contribution in [0.5, 0.6) is 0 Å². The molecule has 2 aromatic rings. The zero-order valence-electron chi connectivity index (χ0n) is 8.85. The predicted molar refractivity (Wildman–Crippen MR) is 62.9 cm³/mol. The molecule has 5 heteroatoms. The minimum atomic E-state index is -0.501. The van der Waals surface area contributed by atoms with Crippen LogP contribution in [-0.4, -0.2) is 11.6 Å². The van der Waals surface area contributed by atoms with E-state index >= 15 is 0 Å². The molecule has 3 rings (SSSR count). The van der Waals surface area contributed by atoms with Crippen LogP contribution in [0.2, 0.25) is 5.02 Å². The second kappa shape index (κ2) is 3.82. The van der Waals surface area contributed by atoms with Gasteiger partial charge in [0.2, 0.25) is 0 Å². The highest BCUT2D eigenvalue weighted by atomic mass is 35.5. The van der Waals surface area contributed by atoms with Crippen molar-refractivity contribution in [2.75, 3.05) is 6.61 Å². The van der Waals surface area contributed by atoms with Crippen LogP contribution in [0, 0.1) is 5.82 Å².